The average Bonchev–Trinajstić information content (AvgIpc) is 3.46. The average molecular weight is 421 g/mol. The van der Waals surface area contributed by atoms with Gasteiger partial charge in [-0.05, 0) is 38.1 Å². The van der Waals surface area contributed by atoms with Crippen molar-refractivity contribution in [2.24, 2.45) is 0 Å². The van der Waals surface area contributed by atoms with Crippen LogP contribution in [0.4, 0.5) is 5.69 Å². The largest absolute Gasteiger partial charge is 0.381 e. The van der Waals surface area contributed by atoms with Gasteiger partial charge in [0.05, 0.1) is 29.3 Å². The Labute approximate surface area is 184 Å². The molecule has 0 atom stereocenters. The third-order valence-corrected chi connectivity index (χ3v) is 4.86. The van der Waals surface area contributed by atoms with Crippen molar-refractivity contribution in [1.29, 1.82) is 5.26 Å². The van der Waals surface area contributed by atoms with Crippen molar-refractivity contribution in [1.82, 2.24) is 34.5 Å². The first-order valence-electron chi connectivity index (χ1n) is 10.1. The zero-order valence-corrected chi connectivity index (χ0v) is 17.5. The summed E-state index contributed by atoms with van der Waals surface area (Å²) in [5.41, 5.74) is 4.58. The maximum Gasteiger partial charge on any atom is 0.164 e. The molecule has 0 aliphatic heterocycles. The summed E-state index contributed by atoms with van der Waals surface area (Å²) in [7, 11) is 0. The van der Waals surface area contributed by atoms with E-state index in [9.17, 15) is 0 Å². The lowest BCUT2D eigenvalue weighted by atomic mass is 10.2. The molecule has 0 spiro atoms. The van der Waals surface area contributed by atoms with Gasteiger partial charge in [0.15, 0.2) is 11.5 Å². The molecule has 5 aromatic rings. The quantitative estimate of drug-likeness (QED) is 0.460. The Morgan fingerprint density at radius 1 is 1.06 bits per heavy atom. The summed E-state index contributed by atoms with van der Waals surface area (Å²) in [4.78, 5) is 13.2. The Bertz CT molecular complexity index is 1440. The maximum absolute atomic E-state index is 9.10. The van der Waals surface area contributed by atoms with E-state index >= 15 is 0 Å². The van der Waals surface area contributed by atoms with Gasteiger partial charge in [-0.15, -0.1) is 0 Å². The van der Waals surface area contributed by atoms with Gasteiger partial charge in [-0.3, -0.25) is 4.98 Å². The molecule has 5 rings (SSSR count). The molecular formula is C23H19N9. The number of anilines is 1. The molecule has 0 bridgehead atoms. The van der Waals surface area contributed by atoms with Crippen molar-refractivity contribution in [3.8, 4) is 28.8 Å². The number of nitriles is 1. The lowest BCUT2D eigenvalue weighted by molar-refractivity contribution is 0.833. The minimum atomic E-state index is 0.197. The van der Waals surface area contributed by atoms with Crippen LogP contribution < -0.4 is 5.32 Å². The van der Waals surface area contributed by atoms with E-state index in [0.29, 0.717) is 17.0 Å². The van der Waals surface area contributed by atoms with Crippen molar-refractivity contribution >= 4 is 16.7 Å². The highest BCUT2D eigenvalue weighted by atomic mass is 15.3. The van der Waals surface area contributed by atoms with E-state index in [1.54, 1.807) is 40.2 Å². The summed E-state index contributed by atoms with van der Waals surface area (Å²) < 4.78 is 3.46. The van der Waals surface area contributed by atoms with Crippen LogP contribution in [0.25, 0.3) is 33.8 Å². The van der Waals surface area contributed by atoms with Crippen LogP contribution >= 0.6 is 0 Å². The molecule has 156 valence electrons. The summed E-state index contributed by atoms with van der Waals surface area (Å²) >= 11 is 0. The van der Waals surface area contributed by atoms with E-state index in [1.807, 2.05) is 30.5 Å². The number of hydrogen-bond acceptors (Lipinski definition) is 7. The number of aromatic nitrogens is 7. The molecule has 0 aliphatic carbocycles. The van der Waals surface area contributed by atoms with E-state index in [1.165, 1.54) is 6.20 Å². The second kappa shape index (κ2) is 7.92. The minimum absolute atomic E-state index is 0.197. The number of nitrogens with zero attached hydrogens (tertiary/aromatic N) is 8. The summed E-state index contributed by atoms with van der Waals surface area (Å²) in [6.45, 7) is 4.14. The third-order valence-electron chi connectivity index (χ3n) is 4.86. The van der Waals surface area contributed by atoms with Gasteiger partial charge < -0.3 is 5.32 Å². The maximum atomic E-state index is 9.10. The fourth-order valence-corrected chi connectivity index (χ4v) is 3.44. The van der Waals surface area contributed by atoms with Crippen LogP contribution in [0.1, 0.15) is 19.4 Å². The van der Waals surface area contributed by atoms with Crippen LogP contribution in [0, 0.1) is 11.3 Å². The summed E-state index contributed by atoms with van der Waals surface area (Å²) in [5.74, 6) is 0.615. The first-order chi connectivity index (χ1) is 15.6. The fourth-order valence-electron chi connectivity index (χ4n) is 3.44. The third kappa shape index (κ3) is 3.54. The van der Waals surface area contributed by atoms with Crippen LogP contribution in [0.2, 0.25) is 0 Å². The van der Waals surface area contributed by atoms with E-state index in [0.717, 1.165) is 28.0 Å². The fraction of sp³-hybridized carbons (Fsp3) is 0.130. The van der Waals surface area contributed by atoms with Crippen molar-refractivity contribution in [2.75, 3.05) is 5.32 Å². The number of nitrogens with one attached hydrogen (secondary N) is 1. The summed E-state index contributed by atoms with van der Waals surface area (Å²) in [6, 6.07) is 11.8. The van der Waals surface area contributed by atoms with Gasteiger partial charge in [-0.2, -0.15) is 20.1 Å². The highest BCUT2D eigenvalue weighted by molar-refractivity contribution is 5.77. The normalized spacial score (nSPS) is 11.1. The molecule has 0 radical (unpaired) electrons. The van der Waals surface area contributed by atoms with Gasteiger partial charge in [0.1, 0.15) is 11.8 Å². The monoisotopic (exact) mass is 421 g/mol. The Kier molecular flexibility index (Phi) is 4.80. The lowest BCUT2D eigenvalue weighted by Gasteiger charge is -2.16. The van der Waals surface area contributed by atoms with E-state index < -0.39 is 0 Å². The smallest absolute Gasteiger partial charge is 0.164 e. The number of hydrogen-bond donors (Lipinski definition) is 1. The highest BCUT2D eigenvalue weighted by Crippen LogP contribution is 2.26. The van der Waals surface area contributed by atoms with Gasteiger partial charge in [0.25, 0.3) is 0 Å². The summed E-state index contributed by atoms with van der Waals surface area (Å²) in [5, 5.41) is 22.5. The second-order valence-corrected chi connectivity index (χ2v) is 7.55. The van der Waals surface area contributed by atoms with Crippen molar-refractivity contribution in [3.63, 3.8) is 0 Å². The zero-order valence-electron chi connectivity index (χ0n) is 17.5. The molecule has 9 heteroatoms. The van der Waals surface area contributed by atoms with E-state index in [2.05, 4.69) is 45.3 Å². The van der Waals surface area contributed by atoms with Gasteiger partial charge >= 0.3 is 0 Å². The second-order valence-electron chi connectivity index (χ2n) is 7.55. The SMILES string of the molecule is CC(C)Nc1cc(-n2ncc3cc(C#N)cnc32)ncc1-n1ccc(-c2cccnc2)n1. The van der Waals surface area contributed by atoms with Gasteiger partial charge in [-0.1, -0.05) is 0 Å². The molecule has 0 saturated carbocycles. The first kappa shape index (κ1) is 19.4. The minimum Gasteiger partial charge on any atom is -0.381 e. The highest BCUT2D eigenvalue weighted by Gasteiger charge is 2.14. The molecule has 9 nitrogen and oxygen atoms in total. The van der Waals surface area contributed by atoms with Gasteiger partial charge in [-0.25, -0.2) is 14.6 Å². The van der Waals surface area contributed by atoms with Crippen molar-refractivity contribution in [2.45, 2.75) is 19.9 Å². The molecule has 0 saturated heterocycles. The molecule has 32 heavy (non-hydrogen) atoms. The Morgan fingerprint density at radius 3 is 2.75 bits per heavy atom. The predicted octanol–water partition coefficient (Wildman–Crippen LogP) is 3.76. The molecule has 0 amide bonds. The van der Waals surface area contributed by atoms with Crippen molar-refractivity contribution in [3.05, 3.63) is 73.1 Å². The molecule has 0 unspecified atom stereocenters. The first-order valence-corrected chi connectivity index (χ1v) is 10.1. The predicted molar refractivity (Wildman–Crippen MR) is 120 cm³/mol. The zero-order chi connectivity index (χ0) is 22.1. The van der Waals surface area contributed by atoms with Gasteiger partial charge in [0, 0.05) is 47.8 Å². The van der Waals surface area contributed by atoms with Crippen LogP contribution in [0.15, 0.2) is 67.5 Å². The van der Waals surface area contributed by atoms with Gasteiger partial charge in [0.2, 0.25) is 0 Å². The Hall–Kier alpha value is -4.58. The molecule has 0 aromatic carbocycles. The molecule has 0 fully saturated rings. The van der Waals surface area contributed by atoms with E-state index in [-0.39, 0.29) is 6.04 Å². The Morgan fingerprint density at radius 2 is 1.97 bits per heavy atom. The molecule has 5 aromatic heterocycles. The van der Waals surface area contributed by atoms with Crippen LogP contribution in [0.5, 0.6) is 0 Å². The summed E-state index contributed by atoms with van der Waals surface area (Å²) in [6.07, 6.45) is 10.4. The van der Waals surface area contributed by atoms with Crippen LogP contribution in [0.3, 0.4) is 0 Å². The topological polar surface area (TPSA) is 110 Å². The molecule has 5 heterocycles. The molecule has 0 aliphatic rings. The Balaban J connectivity index is 1.58. The number of pyridine rings is 3. The van der Waals surface area contributed by atoms with E-state index in [4.69, 9.17) is 10.4 Å². The van der Waals surface area contributed by atoms with Crippen LogP contribution in [-0.4, -0.2) is 40.6 Å². The van der Waals surface area contributed by atoms with Crippen LogP contribution in [-0.2, 0) is 0 Å². The van der Waals surface area contributed by atoms with Crippen molar-refractivity contribution < 1.29 is 0 Å². The standard InChI is InChI=1S/C23H19N9/c1-15(2)29-20-9-22(32-23-18(13-28-32)8-16(10-24)11-27-23)26-14-21(20)31-7-5-19(30-31)17-4-3-6-25-12-17/h3-9,11-15H,1-2H3,(H,26,29). The number of fused-ring (bicyclic) bond motifs is 1. The molecular weight excluding hydrogens is 402 g/mol. The number of rotatable bonds is 5. The lowest BCUT2D eigenvalue weighted by Crippen LogP contribution is -2.14. The molecule has 1 N–H and O–H groups in total.